The predicted molar refractivity (Wildman–Crippen MR) is 210 cm³/mol. The zero-order valence-corrected chi connectivity index (χ0v) is 27.4. The largest absolute Gasteiger partial charge is 0.456 e. The van der Waals surface area contributed by atoms with E-state index < -0.39 is 0 Å². The van der Waals surface area contributed by atoms with Crippen LogP contribution in [0.2, 0.25) is 0 Å². The second kappa shape index (κ2) is 10.8. The molecule has 3 heteroatoms. The Morgan fingerprint density at radius 1 is 0.196 bits per heavy atom. The number of rotatable bonds is 4. The van der Waals surface area contributed by atoms with Gasteiger partial charge in [-0.25, -0.2) is 0 Å². The Balaban J connectivity index is 0.985. The van der Waals surface area contributed by atoms with Crippen LogP contribution in [0.4, 0.5) is 0 Å². The van der Waals surface area contributed by atoms with Crippen molar-refractivity contribution in [2.24, 2.45) is 0 Å². The molecule has 0 unspecified atom stereocenters. The van der Waals surface area contributed by atoms with Crippen molar-refractivity contribution < 1.29 is 13.3 Å². The van der Waals surface area contributed by atoms with Crippen LogP contribution in [0.3, 0.4) is 0 Å². The van der Waals surface area contributed by atoms with Gasteiger partial charge >= 0.3 is 0 Å². The summed E-state index contributed by atoms with van der Waals surface area (Å²) in [7, 11) is 0. The molecule has 8 aromatic carbocycles. The summed E-state index contributed by atoms with van der Waals surface area (Å²) in [5.41, 5.74) is 14.6. The van der Waals surface area contributed by atoms with Crippen LogP contribution < -0.4 is 0 Å². The molecule has 0 N–H and O–H groups in total. The number of furan rings is 3. The smallest absolute Gasteiger partial charge is 0.135 e. The molecule has 3 aromatic heterocycles. The van der Waals surface area contributed by atoms with Crippen molar-refractivity contribution in [2.75, 3.05) is 0 Å². The first-order chi connectivity index (χ1) is 25.2. The number of hydrogen-bond acceptors (Lipinski definition) is 3. The lowest BCUT2D eigenvalue weighted by Gasteiger charge is -2.07. The second-order valence-electron chi connectivity index (χ2n) is 13.3. The molecule has 0 amide bonds. The Hall–Kier alpha value is -6.84. The predicted octanol–water partition coefficient (Wildman–Crippen LogP) is 14.1. The molecule has 0 fully saturated rings. The fourth-order valence-corrected chi connectivity index (χ4v) is 7.69. The van der Waals surface area contributed by atoms with E-state index in [1.807, 2.05) is 18.2 Å². The molecule has 0 saturated carbocycles. The van der Waals surface area contributed by atoms with Crippen LogP contribution in [-0.4, -0.2) is 0 Å². The van der Waals surface area contributed by atoms with E-state index in [1.165, 1.54) is 11.1 Å². The molecule has 0 aliphatic heterocycles. The van der Waals surface area contributed by atoms with E-state index in [1.54, 1.807) is 0 Å². The van der Waals surface area contributed by atoms with E-state index in [0.29, 0.717) is 0 Å². The Morgan fingerprint density at radius 3 is 0.961 bits per heavy atom. The van der Waals surface area contributed by atoms with Crippen LogP contribution in [0.5, 0.6) is 0 Å². The van der Waals surface area contributed by atoms with Gasteiger partial charge in [0, 0.05) is 32.3 Å². The maximum atomic E-state index is 6.34. The third kappa shape index (κ3) is 4.52. The van der Waals surface area contributed by atoms with Crippen LogP contribution >= 0.6 is 0 Å². The average Bonchev–Trinajstić information content (AvgIpc) is 3.88. The fraction of sp³-hybridized carbons (Fsp3) is 0. The molecular weight excluding hydrogens is 625 g/mol. The van der Waals surface area contributed by atoms with E-state index >= 15 is 0 Å². The SMILES string of the molecule is c1ccc(-c2ccc3oc4ccc(-c5ccc6oc7ccc(-c8cccc(-c9ccc%10oc%11ccccc%11c%10c9)c8)cc7c6c5)cc4c3c2)cc1. The van der Waals surface area contributed by atoms with Crippen molar-refractivity contribution >= 4 is 65.8 Å². The lowest BCUT2D eigenvalue weighted by Crippen LogP contribution is -1.82. The Bertz CT molecular complexity index is 3140. The van der Waals surface area contributed by atoms with E-state index in [9.17, 15) is 0 Å². The average molecular weight is 653 g/mol. The van der Waals surface area contributed by atoms with Gasteiger partial charge in [-0.15, -0.1) is 0 Å². The molecule has 0 spiro atoms. The summed E-state index contributed by atoms with van der Waals surface area (Å²) >= 11 is 0. The number of hydrogen-bond donors (Lipinski definition) is 0. The zero-order valence-electron chi connectivity index (χ0n) is 27.4. The van der Waals surface area contributed by atoms with Crippen LogP contribution in [0.1, 0.15) is 0 Å². The van der Waals surface area contributed by atoms with Crippen molar-refractivity contribution in [3.8, 4) is 44.5 Å². The second-order valence-corrected chi connectivity index (χ2v) is 13.3. The van der Waals surface area contributed by atoms with Gasteiger partial charge in [-0.05, 0) is 117 Å². The molecule has 238 valence electrons. The quantitative estimate of drug-likeness (QED) is 0.190. The summed E-state index contributed by atoms with van der Waals surface area (Å²) in [6.07, 6.45) is 0. The Morgan fingerprint density at radius 2 is 0.510 bits per heavy atom. The van der Waals surface area contributed by atoms with E-state index in [0.717, 1.165) is 99.2 Å². The molecule has 11 rings (SSSR count). The van der Waals surface area contributed by atoms with Gasteiger partial charge in [0.2, 0.25) is 0 Å². The number of fused-ring (bicyclic) bond motifs is 9. The highest BCUT2D eigenvalue weighted by atomic mass is 16.3. The van der Waals surface area contributed by atoms with Gasteiger partial charge < -0.3 is 13.3 Å². The van der Waals surface area contributed by atoms with Gasteiger partial charge in [0.25, 0.3) is 0 Å². The third-order valence-corrected chi connectivity index (χ3v) is 10.3. The molecular formula is C48H28O3. The molecule has 11 aromatic rings. The van der Waals surface area contributed by atoms with E-state index in [2.05, 4.69) is 152 Å². The summed E-state index contributed by atoms with van der Waals surface area (Å²) in [4.78, 5) is 0. The number of para-hydroxylation sites is 1. The standard InChI is InChI=1S/C48H28O3/c1-2-7-29(8-3-1)32-13-18-45-39(24-32)41-27-35(16-21-47(41)50-45)36-17-22-48-42(28-36)40-26-34(15-20-46(40)51-48)31-10-6-9-30(23-31)33-14-19-44-38(25-33)37-11-4-5-12-43(37)49-44/h1-28H. The van der Waals surface area contributed by atoms with E-state index in [-0.39, 0.29) is 0 Å². The molecule has 3 heterocycles. The van der Waals surface area contributed by atoms with Crippen molar-refractivity contribution in [2.45, 2.75) is 0 Å². The first-order valence-corrected chi connectivity index (χ1v) is 17.2. The molecule has 0 aliphatic carbocycles. The monoisotopic (exact) mass is 652 g/mol. The summed E-state index contributed by atoms with van der Waals surface area (Å²) in [6, 6.07) is 59.8. The molecule has 3 nitrogen and oxygen atoms in total. The minimum Gasteiger partial charge on any atom is -0.456 e. The van der Waals surface area contributed by atoms with Gasteiger partial charge in [-0.1, -0.05) is 97.1 Å². The highest BCUT2D eigenvalue weighted by molar-refractivity contribution is 6.10. The molecule has 0 radical (unpaired) electrons. The first kappa shape index (κ1) is 28.0. The summed E-state index contributed by atoms with van der Waals surface area (Å²) in [5, 5.41) is 6.70. The van der Waals surface area contributed by atoms with Gasteiger partial charge in [-0.3, -0.25) is 0 Å². The summed E-state index contributed by atoms with van der Waals surface area (Å²) < 4.78 is 18.7. The molecule has 0 atom stereocenters. The molecule has 0 saturated heterocycles. The summed E-state index contributed by atoms with van der Waals surface area (Å²) in [6.45, 7) is 0. The Kier molecular flexibility index (Phi) is 5.96. The summed E-state index contributed by atoms with van der Waals surface area (Å²) in [5.74, 6) is 0. The number of benzene rings is 8. The minimum absolute atomic E-state index is 0.877. The normalized spacial score (nSPS) is 11.9. The Labute approximate surface area is 292 Å². The van der Waals surface area contributed by atoms with E-state index in [4.69, 9.17) is 13.3 Å². The minimum atomic E-state index is 0.877. The fourth-order valence-electron chi connectivity index (χ4n) is 7.69. The van der Waals surface area contributed by atoms with Gasteiger partial charge in [0.05, 0.1) is 0 Å². The zero-order chi connectivity index (χ0) is 33.5. The first-order valence-electron chi connectivity index (χ1n) is 17.2. The van der Waals surface area contributed by atoms with Gasteiger partial charge in [0.15, 0.2) is 0 Å². The highest BCUT2D eigenvalue weighted by Crippen LogP contribution is 2.39. The van der Waals surface area contributed by atoms with Crippen molar-refractivity contribution in [1.82, 2.24) is 0 Å². The van der Waals surface area contributed by atoms with Gasteiger partial charge in [0.1, 0.15) is 33.5 Å². The maximum absolute atomic E-state index is 6.34. The molecule has 51 heavy (non-hydrogen) atoms. The molecule has 0 aliphatic rings. The van der Waals surface area contributed by atoms with Crippen molar-refractivity contribution in [3.05, 3.63) is 170 Å². The lowest BCUT2D eigenvalue weighted by molar-refractivity contribution is 0.668. The van der Waals surface area contributed by atoms with Gasteiger partial charge in [-0.2, -0.15) is 0 Å². The third-order valence-electron chi connectivity index (χ3n) is 10.3. The topological polar surface area (TPSA) is 39.4 Å². The maximum Gasteiger partial charge on any atom is 0.135 e. The van der Waals surface area contributed by atoms with Crippen LogP contribution in [0.25, 0.3) is 110 Å². The van der Waals surface area contributed by atoms with Crippen LogP contribution in [-0.2, 0) is 0 Å². The highest BCUT2D eigenvalue weighted by Gasteiger charge is 2.14. The lowest BCUT2D eigenvalue weighted by atomic mass is 9.96. The van der Waals surface area contributed by atoms with Crippen LogP contribution in [0, 0.1) is 0 Å². The van der Waals surface area contributed by atoms with Crippen molar-refractivity contribution in [1.29, 1.82) is 0 Å². The molecule has 0 bridgehead atoms. The van der Waals surface area contributed by atoms with Crippen LogP contribution in [0.15, 0.2) is 183 Å². The van der Waals surface area contributed by atoms with Crippen molar-refractivity contribution in [3.63, 3.8) is 0 Å².